The first kappa shape index (κ1) is 18.3. The van der Waals surface area contributed by atoms with Crippen LogP contribution in [-0.4, -0.2) is 45.8 Å². The third-order valence-corrected chi connectivity index (χ3v) is 6.34. The molecule has 0 aromatic carbocycles. The SMILES string of the molecule is CCC(C)c1cn(C)c2nc(-c3sc(N4CCOCC4)nc3CF)ncc12. The highest BCUT2D eigenvalue weighted by Crippen LogP contribution is 2.35. The van der Waals surface area contributed by atoms with Crippen molar-refractivity contribution in [2.75, 3.05) is 31.2 Å². The molecule has 1 saturated heterocycles. The third-order valence-electron chi connectivity index (χ3n) is 5.19. The first-order chi connectivity index (χ1) is 13.1. The van der Waals surface area contributed by atoms with E-state index in [2.05, 4.69) is 34.9 Å². The van der Waals surface area contributed by atoms with Gasteiger partial charge in [0.05, 0.1) is 23.8 Å². The number of aryl methyl sites for hydroxylation is 1. The molecule has 1 unspecified atom stereocenters. The normalized spacial score (nSPS) is 16.2. The Balaban J connectivity index is 1.75. The van der Waals surface area contributed by atoms with E-state index in [0.717, 1.165) is 35.7 Å². The number of alkyl halides is 1. The van der Waals surface area contributed by atoms with E-state index in [-0.39, 0.29) is 0 Å². The maximum Gasteiger partial charge on any atom is 0.186 e. The van der Waals surface area contributed by atoms with Crippen LogP contribution in [0.15, 0.2) is 12.4 Å². The van der Waals surface area contributed by atoms with Crippen molar-refractivity contribution in [1.29, 1.82) is 0 Å². The molecule has 0 saturated carbocycles. The molecule has 8 heteroatoms. The molecule has 6 nitrogen and oxygen atoms in total. The largest absolute Gasteiger partial charge is 0.378 e. The van der Waals surface area contributed by atoms with Gasteiger partial charge in [0.25, 0.3) is 0 Å². The molecule has 0 aliphatic carbocycles. The first-order valence-corrected chi connectivity index (χ1v) is 10.1. The van der Waals surface area contributed by atoms with Crippen molar-refractivity contribution in [3.8, 4) is 10.7 Å². The number of nitrogens with zero attached hydrogens (tertiary/aromatic N) is 5. The summed E-state index contributed by atoms with van der Waals surface area (Å²) in [6.07, 6.45) is 5.05. The minimum atomic E-state index is -0.622. The summed E-state index contributed by atoms with van der Waals surface area (Å²) in [6, 6.07) is 0. The molecule has 1 atom stereocenters. The standard InChI is InChI=1S/C19H24FN5OS/c1-4-12(2)14-11-24(3)18-13(14)10-21-17(23-18)16-15(9-20)22-19(27-16)25-5-7-26-8-6-25/h10-12H,4-9H2,1-3H3. The topological polar surface area (TPSA) is 56.1 Å². The van der Waals surface area contributed by atoms with Gasteiger partial charge in [-0.3, -0.25) is 0 Å². The highest BCUT2D eigenvalue weighted by Gasteiger charge is 2.22. The zero-order valence-electron chi connectivity index (χ0n) is 15.9. The van der Waals surface area contributed by atoms with E-state index in [0.29, 0.717) is 35.5 Å². The monoisotopic (exact) mass is 389 g/mol. The van der Waals surface area contributed by atoms with Crippen molar-refractivity contribution in [1.82, 2.24) is 19.5 Å². The van der Waals surface area contributed by atoms with Crippen LogP contribution < -0.4 is 4.90 Å². The summed E-state index contributed by atoms with van der Waals surface area (Å²) in [6.45, 7) is 6.65. The van der Waals surface area contributed by atoms with Gasteiger partial charge >= 0.3 is 0 Å². The molecule has 3 aromatic heterocycles. The average Bonchev–Trinajstić information content (AvgIpc) is 3.29. The molecular formula is C19H24FN5OS. The van der Waals surface area contributed by atoms with Crippen molar-refractivity contribution < 1.29 is 9.13 Å². The molecule has 1 aliphatic heterocycles. The Labute approximate surface area is 162 Å². The number of hydrogen-bond donors (Lipinski definition) is 0. The zero-order valence-corrected chi connectivity index (χ0v) is 16.7. The van der Waals surface area contributed by atoms with Gasteiger partial charge in [0.2, 0.25) is 0 Å². The smallest absolute Gasteiger partial charge is 0.186 e. The summed E-state index contributed by atoms with van der Waals surface area (Å²) in [5.41, 5.74) is 2.55. The number of aromatic nitrogens is 4. The number of hydrogen-bond acceptors (Lipinski definition) is 6. The van der Waals surface area contributed by atoms with Crippen molar-refractivity contribution in [2.45, 2.75) is 32.9 Å². The maximum absolute atomic E-state index is 13.6. The minimum Gasteiger partial charge on any atom is -0.378 e. The van der Waals surface area contributed by atoms with E-state index in [1.807, 2.05) is 17.8 Å². The Kier molecular flexibility index (Phi) is 5.10. The van der Waals surface area contributed by atoms with E-state index in [9.17, 15) is 4.39 Å². The third kappa shape index (κ3) is 3.32. The predicted molar refractivity (Wildman–Crippen MR) is 106 cm³/mol. The predicted octanol–water partition coefficient (Wildman–Crippen LogP) is 3.91. The van der Waals surface area contributed by atoms with Crippen LogP contribution in [0.1, 0.15) is 37.4 Å². The summed E-state index contributed by atoms with van der Waals surface area (Å²) in [5, 5.41) is 1.88. The lowest BCUT2D eigenvalue weighted by atomic mass is 10.00. The number of rotatable bonds is 5. The second-order valence-electron chi connectivity index (χ2n) is 6.94. The summed E-state index contributed by atoms with van der Waals surface area (Å²) in [4.78, 5) is 16.7. The quantitative estimate of drug-likeness (QED) is 0.662. The molecule has 1 fully saturated rings. The Morgan fingerprint density at radius 2 is 2.07 bits per heavy atom. The minimum absolute atomic E-state index is 0.414. The van der Waals surface area contributed by atoms with Gasteiger partial charge in [0.15, 0.2) is 11.0 Å². The van der Waals surface area contributed by atoms with E-state index in [1.54, 1.807) is 0 Å². The first-order valence-electron chi connectivity index (χ1n) is 9.33. The summed E-state index contributed by atoms with van der Waals surface area (Å²) < 4.78 is 21.1. The van der Waals surface area contributed by atoms with E-state index >= 15 is 0 Å². The van der Waals surface area contributed by atoms with Crippen molar-refractivity contribution >= 4 is 27.5 Å². The van der Waals surface area contributed by atoms with Crippen LogP contribution in [0.3, 0.4) is 0 Å². The lowest BCUT2D eigenvalue weighted by Crippen LogP contribution is -2.36. The molecule has 0 spiro atoms. The fraction of sp³-hybridized carbons (Fsp3) is 0.526. The fourth-order valence-electron chi connectivity index (χ4n) is 3.40. The lowest BCUT2D eigenvalue weighted by Gasteiger charge is -2.25. The molecule has 4 rings (SSSR count). The van der Waals surface area contributed by atoms with Gasteiger partial charge in [0, 0.05) is 37.9 Å². The molecule has 0 amide bonds. The highest BCUT2D eigenvalue weighted by molar-refractivity contribution is 7.19. The summed E-state index contributed by atoms with van der Waals surface area (Å²) >= 11 is 1.46. The van der Waals surface area contributed by atoms with Crippen LogP contribution in [0.2, 0.25) is 0 Å². The second-order valence-corrected chi connectivity index (χ2v) is 7.92. The molecule has 1 aliphatic rings. The number of fused-ring (bicyclic) bond motifs is 1. The summed E-state index contributed by atoms with van der Waals surface area (Å²) in [7, 11) is 1.99. The zero-order chi connectivity index (χ0) is 19.0. The summed E-state index contributed by atoms with van der Waals surface area (Å²) in [5.74, 6) is 0.991. The van der Waals surface area contributed by atoms with Crippen LogP contribution in [0, 0.1) is 0 Å². The molecule has 144 valence electrons. The molecular weight excluding hydrogens is 365 g/mol. The molecule has 27 heavy (non-hydrogen) atoms. The number of ether oxygens (including phenoxy) is 1. The highest BCUT2D eigenvalue weighted by atomic mass is 32.1. The van der Waals surface area contributed by atoms with Crippen molar-refractivity contribution in [2.24, 2.45) is 7.05 Å². The Hall–Kier alpha value is -2.06. The second kappa shape index (κ2) is 7.52. The number of morpholine rings is 1. The van der Waals surface area contributed by atoms with Crippen LogP contribution >= 0.6 is 11.3 Å². The van der Waals surface area contributed by atoms with Gasteiger partial charge < -0.3 is 14.2 Å². The fourth-order valence-corrected chi connectivity index (χ4v) is 4.46. The van der Waals surface area contributed by atoms with E-state index in [1.165, 1.54) is 16.9 Å². The number of thiazole rings is 1. The molecule has 4 heterocycles. The maximum atomic E-state index is 13.6. The number of anilines is 1. The Morgan fingerprint density at radius 1 is 1.30 bits per heavy atom. The molecule has 0 N–H and O–H groups in total. The van der Waals surface area contributed by atoms with Crippen molar-refractivity contribution in [3.05, 3.63) is 23.7 Å². The van der Waals surface area contributed by atoms with Gasteiger partial charge in [-0.2, -0.15) is 0 Å². The van der Waals surface area contributed by atoms with Gasteiger partial charge in [0.1, 0.15) is 12.3 Å². The van der Waals surface area contributed by atoms with Crippen LogP contribution in [0.25, 0.3) is 21.7 Å². The Morgan fingerprint density at radius 3 is 2.78 bits per heavy atom. The lowest BCUT2D eigenvalue weighted by molar-refractivity contribution is 0.122. The van der Waals surface area contributed by atoms with Gasteiger partial charge in [-0.05, 0) is 17.9 Å². The van der Waals surface area contributed by atoms with Gasteiger partial charge in [-0.1, -0.05) is 25.2 Å². The Bertz CT molecular complexity index is 947. The van der Waals surface area contributed by atoms with Gasteiger partial charge in [-0.15, -0.1) is 0 Å². The van der Waals surface area contributed by atoms with Crippen molar-refractivity contribution in [3.63, 3.8) is 0 Å². The average molecular weight is 390 g/mol. The molecule has 0 bridgehead atoms. The van der Waals surface area contributed by atoms with E-state index < -0.39 is 6.67 Å². The van der Waals surface area contributed by atoms with Gasteiger partial charge in [-0.25, -0.2) is 19.3 Å². The number of halogens is 1. The van der Waals surface area contributed by atoms with Crippen LogP contribution in [0.4, 0.5) is 9.52 Å². The molecule has 3 aromatic rings. The van der Waals surface area contributed by atoms with E-state index in [4.69, 9.17) is 9.72 Å². The van der Waals surface area contributed by atoms with Crippen LogP contribution in [-0.2, 0) is 18.5 Å². The van der Waals surface area contributed by atoms with Crippen LogP contribution in [0.5, 0.6) is 0 Å². The molecule has 0 radical (unpaired) electrons.